The van der Waals surface area contributed by atoms with Gasteiger partial charge in [-0.05, 0) is 37.5 Å². The van der Waals surface area contributed by atoms with Crippen molar-refractivity contribution >= 4 is 0 Å². The molecule has 0 amide bonds. The average molecular weight is 166 g/mol. The van der Waals surface area contributed by atoms with Gasteiger partial charge in [-0.15, -0.1) is 0 Å². The molecule has 1 fully saturated rings. The van der Waals surface area contributed by atoms with E-state index < -0.39 is 0 Å². The molecule has 0 atom stereocenters. The first-order valence-corrected chi connectivity index (χ1v) is 5.48. The highest BCUT2D eigenvalue weighted by Gasteiger charge is 2.16. The summed E-state index contributed by atoms with van der Waals surface area (Å²) in [5.41, 5.74) is 0. The van der Waals surface area contributed by atoms with E-state index >= 15 is 0 Å². The van der Waals surface area contributed by atoms with Gasteiger partial charge in [0.05, 0.1) is 0 Å². The molecule has 1 aliphatic carbocycles. The molecule has 70 valence electrons. The van der Waals surface area contributed by atoms with Gasteiger partial charge in [-0.1, -0.05) is 38.8 Å². The van der Waals surface area contributed by atoms with E-state index in [0.717, 1.165) is 11.8 Å². The first-order chi connectivity index (χ1) is 5.83. The number of allylic oxidation sites excluding steroid dienone is 2. The van der Waals surface area contributed by atoms with E-state index in [4.69, 9.17) is 0 Å². The van der Waals surface area contributed by atoms with Crippen molar-refractivity contribution in [2.45, 2.75) is 52.4 Å². The Morgan fingerprint density at radius 3 is 2.33 bits per heavy atom. The van der Waals surface area contributed by atoms with Crippen molar-refractivity contribution in [1.29, 1.82) is 0 Å². The Morgan fingerprint density at radius 1 is 1.08 bits per heavy atom. The quantitative estimate of drug-likeness (QED) is 0.552. The van der Waals surface area contributed by atoms with Gasteiger partial charge in [0.15, 0.2) is 0 Å². The summed E-state index contributed by atoms with van der Waals surface area (Å²) >= 11 is 0. The fourth-order valence-electron chi connectivity index (χ4n) is 2.02. The van der Waals surface area contributed by atoms with Crippen molar-refractivity contribution in [3.63, 3.8) is 0 Å². The fourth-order valence-corrected chi connectivity index (χ4v) is 2.02. The van der Waals surface area contributed by atoms with Gasteiger partial charge in [-0.25, -0.2) is 0 Å². The van der Waals surface area contributed by atoms with Crippen LogP contribution in [0, 0.1) is 11.8 Å². The van der Waals surface area contributed by atoms with E-state index in [2.05, 4.69) is 26.0 Å². The molecule has 0 unspecified atom stereocenters. The minimum Gasteiger partial charge on any atom is -0.0888 e. The highest BCUT2D eigenvalue weighted by Crippen LogP contribution is 2.30. The smallest absolute Gasteiger partial charge is 0.0322 e. The lowest BCUT2D eigenvalue weighted by Gasteiger charge is -2.24. The van der Waals surface area contributed by atoms with Gasteiger partial charge in [0.1, 0.15) is 0 Å². The third-order valence-electron chi connectivity index (χ3n) is 3.01. The van der Waals surface area contributed by atoms with Crippen LogP contribution in [-0.2, 0) is 0 Å². The Kier molecular flexibility index (Phi) is 4.42. The summed E-state index contributed by atoms with van der Waals surface area (Å²) < 4.78 is 0. The van der Waals surface area contributed by atoms with Crippen LogP contribution >= 0.6 is 0 Å². The van der Waals surface area contributed by atoms with Crippen LogP contribution in [0.1, 0.15) is 52.4 Å². The second kappa shape index (κ2) is 5.40. The van der Waals surface area contributed by atoms with Crippen LogP contribution in [0.5, 0.6) is 0 Å². The van der Waals surface area contributed by atoms with Crippen LogP contribution in [0.3, 0.4) is 0 Å². The Morgan fingerprint density at radius 2 is 1.75 bits per heavy atom. The maximum Gasteiger partial charge on any atom is -0.0322 e. The standard InChI is InChI=1S/C12H22/c1-3-4-5-6-12-9-7-11(2)8-10-12/h4-5,11-12H,3,6-10H2,1-2H3/b5-4-. The summed E-state index contributed by atoms with van der Waals surface area (Å²) in [5.74, 6) is 2.00. The molecular weight excluding hydrogens is 144 g/mol. The Labute approximate surface area is 77.1 Å². The third-order valence-corrected chi connectivity index (χ3v) is 3.01. The molecule has 1 rings (SSSR count). The Hall–Kier alpha value is -0.260. The molecule has 0 N–H and O–H groups in total. The lowest BCUT2D eigenvalue weighted by atomic mass is 9.81. The van der Waals surface area contributed by atoms with Gasteiger partial charge >= 0.3 is 0 Å². The second-order valence-electron chi connectivity index (χ2n) is 4.24. The van der Waals surface area contributed by atoms with Crippen molar-refractivity contribution < 1.29 is 0 Å². The van der Waals surface area contributed by atoms with Crippen LogP contribution < -0.4 is 0 Å². The molecular formula is C12H22. The summed E-state index contributed by atoms with van der Waals surface area (Å²) in [6.07, 6.45) is 13.1. The van der Waals surface area contributed by atoms with E-state index in [0.29, 0.717) is 0 Å². The van der Waals surface area contributed by atoms with Gasteiger partial charge in [0.2, 0.25) is 0 Å². The molecule has 0 aromatic rings. The fraction of sp³-hybridized carbons (Fsp3) is 0.833. The predicted molar refractivity (Wildman–Crippen MR) is 55.2 cm³/mol. The highest BCUT2D eigenvalue weighted by molar-refractivity contribution is 4.84. The van der Waals surface area contributed by atoms with Crippen molar-refractivity contribution in [2.24, 2.45) is 11.8 Å². The zero-order valence-corrected chi connectivity index (χ0v) is 8.55. The molecule has 1 aliphatic rings. The Bertz CT molecular complexity index is 127. The van der Waals surface area contributed by atoms with Gasteiger partial charge < -0.3 is 0 Å². The second-order valence-corrected chi connectivity index (χ2v) is 4.24. The normalized spacial score (nSPS) is 31.2. The lowest BCUT2D eigenvalue weighted by molar-refractivity contribution is 0.292. The minimum atomic E-state index is 0.997. The molecule has 0 aromatic carbocycles. The number of hydrogen-bond acceptors (Lipinski definition) is 0. The molecule has 0 bridgehead atoms. The molecule has 12 heavy (non-hydrogen) atoms. The summed E-state index contributed by atoms with van der Waals surface area (Å²) in [7, 11) is 0. The largest absolute Gasteiger partial charge is 0.0888 e. The average Bonchev–Trinajstić information content (AvgIpc) is 2.09. The SMILES string of the molecule is CC/C=C\CC1CCC(C)CC1. The van der Waals surface area contributed by atoms with E-state index in [1.165, 1.54) is 38.5 Å². The molecule has 0 heteroatoms. The maximum atomic E-state index is 2.39. The predicted octanol–water partition coefficient (Wildman–Crippen LogP) is 4.17. The van der Waals surface area contributed by atoms with Gasteiger partial charge in [0, 0.05) is 0 Å². The maximum absolute atomic E-state index is 2.39. The Balaban J connectivity index is 2.13. The summed E-state index contributed by atoms with van der Waals surface area (Å²) in [5, 5.41) is 0. The van der Waals surface area contributed by atoms with E-state index in [1.54, 1.807) is 0 Å². The van der Waals surface area contributed by atoms with E-state index in [1.807, 2.05) is 0 Å². The molecule has 0 nitrogen and oxygen atoms in total. The van der Waals surface area contributed by atoms with E-state index in [-0.39, 0.29) is 0 Å². The topological polar surface area (TPSA) is 0 Å². The van der Waals surface area contributed by atoms with Crippen LogP contribution in [0.2, 0.25) is 0 Å². The van der Waals surface area contributed by atoms with Crippen molar-refractivity contribution in [3.05, 3.63) is 12.2 Å². The monoisotopic (exact) mass is 166 g/mol. The number of hydrogen-bond donors (Lipinski definition) is 0. The molecule has 0 saturated heterocycles. The van der Waals surface area contributed by atoms with Crippen molar-refractivity contribution in [3.8, 4) is 0 Å². The molecule has 1 saturated carbocycles. The van der Waals surface area contributed by atoms with Crippen LogP contribution in [-0.4, -0.2) is 0 Å². The van der Waals surface area contributed by atoms with Crippen LogP contribution in [0.15, 0.2) is 12.2 Å². The van der Waals surface area contributed by atoms with Crippen molar-refractivity contribution in [2.75, 3.05) is 0 Å². The molecule has 0 heterocycles. The number of rotatable bonds is 3. The van der Waals surface area contributed by atoms with Crippen LogP contribution in [0.4, 0.5) is 0 Å². The van der Waals surface area contributed by atoms with Gasteiger partial charge in [-0.3, -0.25) is 0 Å². The first-order valence-electron chi connectivity index (χ1n) is 5.48. The van der Waals surface area contributed by atoms with E-state index in [9.17, 15) is 0 Å². The lowest BCUT2D eigenvalue weighted by Crippen LogP contribution is -2.11. The summed E-state index contributed by atoms with van der Waals surface area (Å²) in [4.78, 5) is 0. The van der Waals surface area contributed by atoms with Gasteiger partial charge in [0.25, 0.3) is 0 Å². The summed E-state index contributed by atoms with van der Waals surface area (Å²) in [6, 6.07) is 0. The minimum absolute atomic E-state index is 0.997. The van der Waals surface area contributed by atoms with Crippen molar-refractivity contribution in [1.82, 2.24) is 0 Å². The van der Waals surface area contributed by atoms with Gasteiger partial charge in [-0.2, -0.15) is 0 Å². The molecule has 0 radical (unpaired) electrons. The molecule has 0 aliphatic heterocycles. The zero-order valence-electron chi connectivity index (χ0n) is 8.55. The first kappa shape index (κ1) is 9.83. The zero-order chi connectivity index (χ0) is 8.81. The highest BCUT2D eigenvalue weighted by atomic mass is 14.2. The van der Waals surface area contributed by atoms with Crippen LogP contribution in [0.25, 0.3) is 0 Å². The molecule has 0 spiro atoms. The molecule has 0 aromatic heterocycles. The summed E-state index contributed by atoms with van der Waals surface area (Å²) in [6.45, 7) is 4.59. The third kappa shape index (κ3) is 3.42.